The fourth-order valence-electron chi connectivity index (χ4n) is 4.15. The van der Waals surface area contributed by atoms with Gasteiger partial charge in [0.05, 0.1) is 30.0 Å². The summed E-state index contributed by atoms with van der Waals surface area (Å²) in [5, 5.41) is 9.13. The van der Waals surface area contributed by atoms with E-state index in [1.807, 2.05) is 26.6 Å². The van der Waals surface area contributed by atoms with Crippen LogP contribution in [0.4, 0.5) is 0 Å². The fraction of sp³-hybridized carbons (Fsp3) is 0.476. The number of aryl methyl sites for hydroxylation is 1. The summed E-state index contributed by atoms with van der Waals surface area (Å²) in [6, 6.07) is 6.81. The first-order valence-corrected chi connectivity index (χ1v) is 9.59. The van der Waals surface area contributed by atoms with Gasteiger partial charge in [-0.3, -0.25) is 9.69 Å². The zero-order chi connectivity index (χ0) is 20.3. The number of benzene rings is 1. The van der Waals surface area contributed by atoms with Gasteiger partial charge in [-0.2, -0.15) is 0 Å². The zero-order valence-electron chi connectivity index (χ0n) is 16.7. The molecule has 0 bridgehead atoms. The Bertz CT molecular complexity index is 848. The highest BCUT2D eigenvalue weighted by Crippen LogP contribution is 2.35. The van der Waals surface area contributed by atoms with Crippen LogP contribution in [0.5, 0.6) is 0 Å². The lowest BCUT2D eigenvalue weighted by molar-refractivity contribution is -0.130. The number of likely N-dealkylation sites (tertiary alicyclic amines) is 1. The number of hydrogen-bond acceptors (Lipinski definition) is 4. The van der Waals surface area contributed by atoms with Crippen molar-refractivity contribution in [3.8, 4) is 0 Å². The molecular formula is C21H28N4O3. The number of nitrogens with zero attached hydrogens (tertiary/aromatic N) is 4. The Balaban J connectivity index is 1.69. The number of carbonyl (C=O) groups is 2. The van der Waals surface area contributed by atoms with Crippen LogP contribution in [-0.2, 0) is 18.3 Å². The van der Waals surface area contributed by atoms with E-state index in [0.717, 1.165) is 24.9 Å². The lowest BCUT2D eigenvalue weighted by Gasteiger charge is -2.40. The molecule has 1 aromatic carbocycles. The van der Waals surface area contributed by atoms with Gasteiger partial charge in [0, 0.05) is 26.8 Å². The van der Waals surface area contributed by atoms with Crippen molar-refractivity contribution in [2.75, 3.05) is 27.2 Å². The molecule has 1 aliphatic rings. The minimum Gasteiger partial charge on any atom is -0.478 e. The second-order valence-electron chi connectivity index (χ2n) is 7.71. The molecule has 1 saturated heterocycles. The number of hydrogen-bond donors (Lipinski definition) is 1. The van der Waals surface area contributed by atoms with Gasteiger partial charge in [-0.1, -0.05) is 12.1 Å². The first kappa shape index (κ1) is 20.1. The summed E-state index contributed by atoms with van der Waals surface area (Å²) in [6.07, 6.45) is 6.11. The molecular weight excluding hydrogens is 356 g/mol. The molecule has 0 aliphatic carbocycles. The summed E-state index contributed by atoms with van der Waals surface area (Å²) in [6.45, 7) is 1.70. The third-order valence-corrected chi connectivity index (χ3v) is 5.63. The van der Waals surface area contributed by atoms with Crippen LogP contribution in [0.3, 0.4) is 0 Å². The Morgan fingerprint density at radius 1 is 1.32 bits per heavy atom. The SMILES string of the molecule is CN(C[C@@H]1CCCN(C)[C@H]1c1cncn1C)C(=O)Cc1cccc(C(=O)O)c1. The molecule has 3 rings (SSSR count). The van der Waals surface area contributed by atoms with E-state index in [2.05, 4.69) is 21.5 Å². The van der Waals surface area contributed by atoms with Gasteiger partial charge in [-0.15, -0.1) is 0 Å². The van der Waals surface area contributed by atoms with Crippen LogP contribution in [0.25, 0.3) is 0 Å². The lowest BCUT2D eigenvalue weighted by atomic mass is 9.87. The smallest absolute Gasteiger partial charge is 0.335 e. The lowest BCUT2D eigenvalue weighted by Crippen LogP contribution is -2.43. The quantitative estimate of drug-likeness (QED) is 0.826. The molecule has 0 spiro atoms. The summed E-state index contributed by atoms with van der Waals surface area (Å²) >= 11 is 0. The third-order valence-electron chi connectivity index (χ3n) is 5.63. The Kier molecular flexibility index (Phi) is 6.14. The monoisotopic (exact) mass is 384 g/mol. The Morgan fingerprint density at radius 2 is 2.11 bits per heavy atom. The number of carboxylic acid groups (broad SMARTS) is 1. The highest BCUT2D eigenvalue weighted by molar-refractivity contribution is 5.88. The van der Waals surface area contributed by atoms with E-state index in [1.165, 1.54) is 11.8 Å². The van der Waals surface area contributed by atoms with Crippen molar-refractivity contribution in [1.82, 2.24) is 19.4 Å². The number of amides is 1. The van der Waals surface area contributed by atoms with Crippen LogP contribution in [0, 0.1) is 5.92 Å². The van der Waals surface area contributed by atoms with Gasteiger partial charge in [-0.25, -0.2) is 9.78 Å². The average molecular weight is 384 g/mol. The molecule has 0 saturated carbocycles. The second-order valence-corrected chi connectivity index (χ2v) is 7.71. The summed E-state index contributed by atoms with van der Waals surface area (Å²) in [7, 11) is 5.97. The molecule has 28 heavy (non-hydrogen) atoms. The third kappa shape index (κ3) is 4.42. The number of carboxylic acids is 1. The Labute approximate surface area is 165 Å². The molecule has 2 heterocycles. The van der Waals surface area contributed by atoms with E-state index in [-0.39, 0.29) is 23.9 Å². The van der Waals surface area contributed by atoms with Gasteiger partial charge >= 0.3 is 5.97 Å². The summed E-state index contributed by atoms with van der Waals surface area (Å²) in [5.41, 5.74) is 2.10. The molecule has 0 unspecified atom stereocenters. The number of likely N-dealkylation sites (N-methyl/N-ethyl adjacent to an activating group) is 1. The summed E-state index contributed by atoms with van der Waals surface area (Å²) in [5.74, 6) is -0.653. The largest absolute Gasteiger partial charge is 0.478 e. The van der Waals surface area contributed by atoms with E-state index in [1.54, 1.807) is 23.1 Å². The van der Waals surface area contributed by atoms with E-state index in [9.17, 15) is 9.59 Å². The van der Waals surface area contributed by atoms with Crippen molar-refractivity contribution in [2.24, 2.45) is 13.0 Å². The van der Waals surface area contributed by atoms with E-state index in [4.69, 9.17) is 5.11 Å². The maximum absolute atomic E-state index is 12.8. The molecule has 7 nitrogen and oxygen atoms in total. The first-order valence-electron chi connectivity index (χ1n) is 9.59. The topological polar surface area (TPSA) is 78.7 Å². The van der Waals surface area contributed by atoms with Crippen LogP contribution in [0.1, 0.15) is 40.5 Å². The standard InChI is InChI=1S/C21H28N4O3/c1-23-9-5-8-17(20(23)18-12-22-14-25(18)3)13-24(2)19(26)11-15-6-4-7-16(10-15)21(27)28/h4,6-7,10,12,14,17,20H,5,8-9,11,13H2,1-3H3,(H,27,28)/t17-,20+/m0/s1. The number of imidazole rings is 1. The van der Waals surface area contributed by atoms with Crippen molar-refractivity contribution < 1.29 is 14.7 Å². The number of carbonyl (C=O) groups excluding carboxylic acids is 1. The van der Waals surface area contributed by atoms with Crippen molar-refractivity contribution in [3.05, 3.63) is 53.6 Å². The Hall–Kier alpha value is -2.67. The minimum absolute atomic E-state index is 0.000443. The van der Waals surface area contributed by atoms with Gasteiger partial charge in [0.2, 0.25) is 5.91 Å². The number of piperidine rings is 1. The second kappa shape index (κ2) is 8.56. The van der Waals surface area contributed by atoms with Crippen molar-refractivity contribution in [1.29, 1.82) is 0 Å². The molecule has 1 aromatic heterocycles. The van der Waals surface area contributed by atoms with Gasteiger partial charge in [0.1, 0.15) is 0 Å². The number of rotatable bonds is 6. The fourth-order valence-corrected chi connectivity index (χ4v) is 4.15. The van der Waals surface area contributed by atoms with Gasteiger partial charge in [0.15, 0.2) is 0 Å². The minimum atomic E-state index is -0.980. The molecule has 1 aliphatic heterocycles. The maximum atomic E-state index is 12.8. The summed E-state index contributed by atoms with van der Waals surface area (Å²) < 4.78 is 2.05. The molecule has 2 atom stereocenters. The molecule has 1 amide bonds. The molecule has 1 N–H and O–H groups in total. The van der Waals surface area contributed by atoms with Crippen LogP contribution in [0.15, 0.2) is 36.8 Å². The highest BCUT2D eigenvalue weighted by Gasteiger charge is 2.33. The van der Waals surface area contributed by atoms with Crippen LogP contribution < -0.4 is 0 Å². The summed E-state index contributed by atoms with van der Waals surface area (Å²) in [4.78, 5) is 32.3. The van der Waals surface area contributed by atoms with E-state index < -0.39 is 5.97 Å². The highest BCUT2D eigenvalue weighted by atomic mass is 16.4. The first-order chi connectivity index (χ1) is 13.4. The van der Waals surface area contributed by atoms with Gasteiger partial charge in [-0.05, 0) is 50.0 Å². The van der Waals surface area contributed by atoms with E-state index in [0.29, 0.717) is 12.5 Å². The maximum Gasteiger partial charge on any atom is 0.335 e. The molecule has 7 heteroatoms. The van der Waals surface area contributed by atoms with E-state index >= 15 is 0 Å². The van der Waals surface area contributed by atoms with Crippen molar-refractivity contribution in [3.63, 3.8) is 0 Å². The molecule has 2 aromatic rings. The normalized spacial score (nSPS) is 20.1. The predicted octanol–water partition coefficient (Wildman–Crippen LogP) is 2.20. The zero-order valence-corrected chi connectivity index (χ0v) is 16.7. The average Bonchev–Trinajstić information content (AvgIpc) is 3.07. The van der Waals surface area contributed by atoms with Crippen LogP contribution in [-0.4, -0.2) is 63.5 Å². The number of aromatic carboxylic acids is 1. The number of aromatic nitrogens is 2. The molecule has 1 fully saturated rings. The predicted molar refractivity (Wildman–Crippen MR) is 106 cm³/mol. The molecule has 0 radical (unpaired) electrons. The van der Waals surface area contributed by atoms with Crippen LogP contribution in [0.2, 0.25) is 0 Å². The Morgan fingerprint density at radius 3 is 2.79 bits per heavy atom. The van der Waals surface area contributed by atoms with Crippen molar-refractivity contribution >= 4 is 11.9 Å². The van der Waals surface area contributed by atoms with Crippen LogP contribution >= 0.6 is 0 Å². The van der Waals surface area contributed by atoms with Gasteiger partial charge in [0.25, 0.3) is 0 Å². The van der Waals surface area contributed by atoms with Crippen molar-refractivity contribution in [2.45, 2.75) is 25.3 Å². The van der Waals surface area contributed by atoms with Gasteiger partial charge < -0.3 is 14.6 Å². The molecule has 150 valence electrons.